The van der Waals surface area contributed by atoms with Crippen LogP contribution in [-0.2, 0) is 6.42 Å². The highest BCUT2D eigenvalue weighted by molar-refractivity contribution is 5.17. The summed E-state index contributed by atoms with van der Waals surface area (Å²) in [7, 11) is 0. The summed E-state index contributed by atoms with van der Waals surface area (Å²) < 4.78 is 0. The largest absolute Gasteiger partial charge is 0.261 e. The zero-order valence-corrected chi connectivity index (χ0v) is 17.4. The molecule has 2 saturated carbocycles. The van der Waals surface area contributed by atoms with Crippen molar-refractivity contribution in [2.24, 2.45) is 17.8 Å². The number of aryl methyl sites for hydroxylation is 1. The zero-order chi connectivity index (χ0) is 18.2. The van der Waals surface area contributed by atoms with Crippen LogP contribution in [-0.4, -0.2) is 4.98 Å². The van der Waals surface area contributed by atoms with Crippen molar-refractivity contribution in [2.75, 3.05) is 0 Å². The first-order valence-electron chi connectivity index (χ1n) is 11.7. The highest BCUT2D eigenvalue weighted by atomic mass is 14.7. The standard InChI is InChI=1S/C25H41N/c1-3-5-6-7-8-21-11-18-25(26-19-21)24-16-14-23(15-17-24)22-12-9-20(4-2)10-13-22/h11,18-20,22-24H,3-10,12-17H2,1-2H3/t20-,22-,23-,24-. The molecule has 3 rings (SSSR count). The van der Waals surface area contributed by atoms with Gasteiger partial charge < -0.3 is 0 Å². The SMILES string of the molecule is CCCCCCc1ccc([C@H]2CC[C@H]([C@H]3CC[C@H](CC)CC3)CC2)nc1. The third-order valence-corrected chi connectivity index (χ3v) is 7.49. The van der Waals surface area contributed by atoms with E-state index < -0.39 is 0 Å². The number of unbranched alkanes of at least 4 members (excludes halogenated alkanes) is 3. The number of pyridine rings is 1. The first-order valence-corrected chi connectivity index (χ1v) is 11.7. The summed E-state index contributed by atoms with van der Waals surface area (Å²) in [5.41, 5.74) is 2.81. The Labute approximate surface area is 162 Å². The highest BCUT2D eigenvalue weighted by Gasteiger charge is 2.31. The van der Waals surface area contributed by atoms with Crippen LogP contribution in [0.3, 0.4) is 0 Å². The minimum atomic E-state index is 0.729. The molecule has 2 fully saturated rings. The second-order valence-corrected chi connectivity index (χ2v) is 9.20. The molecule has 2 aliphatic carbocycles. The van der Waals surface area contributed by atoms with Crippen molar-refractivity contribution in [1.29, 1.82) is 0 Å². The predicted molar refractivity (Wildman–Crippen MR) is 113 cm³/mol. The van der Waals surface area contributed by atoms with Gasteiger partial charge in [-0.2, -0.15) is 0 Å². The third-order valence-electron chi connectivity index (χ3n) is 7.49. The molecule has 0 amide bonds. The molecule has 26 heavy (non-hydrogen) atoms. The molecule has 0 spiro atoms. The van der Waals surface area contributed by atoms with Gasteiger partial charge in [0.25, 0.3) is 0 Å². The number of hydrogen-bond acceptors (Lipinski definition) is 1. The number of rotatable bonds is 8. The molecule has 1 aromatic rings. The summed E-state index contributed by atoms with van der Waals surface area (Å²) in [6.45, 7) is 4.65. The van der Waals surface area contributed by atoms with Gasteiger partial charge in [-0.15, -0.1) is 0 Å². The Morgan fingerprint density at radius 2 is 1.50 bits per heavy atom. The van der Waals surface area contributed by atoms with E-state index in [1.165, 1.54) is 101 Å². The molecule has 146 valence electrons. The predicted octanol–water partition coefficient (Wildman–Crippen LogP) is 7.69. The fourth-order valence-electron chi connectivity index (χ4n) is 5.54. The molecular formula is C25H41N. The van der Waals surface area contributed by atoms with Gasteiger partial charge in [-0.1, -0.05) is 58.4 Å². The van der Waals surface area contributed by atoms with Crippen molar-refractivity contribution >= 4 is 0 Å². The van der Waals surface area contributed by atoms with Crippen LogP contribution in [0.15, 0.2) is 18.3 Å². The number of nitrogens with zero attached hydrogens (tertiary/aromatic N) is 1. The lowest BCUT2D eigenvalue weighted by Crippen LogP contribution is -2.25. The summed E-state index contributed by atoms with van der Waals surface area (Å²) in [4.78, 5) is 4.86. The van der Waals surface area contributed by atoms with E-state index in [9.17, 15) is 0 Å². The molecule has 1 aromatic heterocycles. The van der Waals surface area contributed by atoms with E-state index in [2.05, 4.69) is 32.2 Å². The molecule has 0 bridgehead atoms. The van der Waals surface area contributed by atoms with E-state index in [1.807, 2.05) is 0 Å². The fourth-order valence-corrected chi connectivity index (χ4v) is 5.54. The van der Waals surface area contributed by atoms with Gasteiger partial charge in [-0.25, -0.2) is 0 Å². The lowest BCUT2D eigenvalue weighted by Gasteiger charge is -2.37. The minimum absolute atomic E-state index is 0.729. The molecule has 0 radical (unpaired) electrons. The van der Waals surface area contributed by atoms with Gasteiger partial charge >= 0.3 is 0 Å². The van der Waals surface area contributed by atoms with Gasteiger partial charge in [0, 0.05) is 17.8 Å². The van der Waals surface area contributed by atoms with Crippen LogP contribution in [0.1, 0.15) is 114 Å². The lowest BCUT2D eigenvalue weighted by atomic mass is 9.68. The van der Waals surface area contributed by atoms with E-state index in [4.69, 9.17) is 4.98 Å². The van der Waals surface area contributed by atoms with Crippen LogP contribution in [0.2, 0.25) is 0 Å². The van der Waals surface area contributed by atoms with E-state index in [0.29, 0.717) is 0 Å². The summed E-state index contributed by atoms with van der Waals surface area (Å²) in [5, 5.41) is 0. The van der Waals surface area contributed by atoms with Gasteiger partial charge in [0.15, 0.2) is 0 Å². The summed E-state index contributed by atoms with van der Waals surface area (Å²) in [6.07, 6.45) is 21.8. The molecule has 1 heteroatoms. The molecule has 2 aliphatic rings. The zero-order valence-electron chi connectivity index (χ0n) is 17.4. The van der Waals surface area contributed by atoms with Gasteiger partial charge in [-0.3, -0.25) is 4.98 Å². The Bertz CT molecular complexity index is 489. The van der Waals surface area contributed by atoms with Crippen LogP contribution in [0.25, 0.3) is 0 Å². The summed E-state index contributed by atoms with van der Waals surface area (Å²) >= 11 is 0. The second kappa shape index (κ2) is 10.5. The van der Waals surface area contributed by atoms with Crippen LogP contribution in [0, 0.1) is 17.8 Å². The van der Waals surface area contributed by atoms with E-state index in [1.54, 1.807) is 0 Å². The Morgan fingerprint density at radius 1 is 0.808 bits per heavy atom. The average molecular weight is 356 g/mol. The van der Waals surface area contributed by atoms with Crippen molar-refractivity contribution in [2.45, 2.75) is 110 Å². The van der Waals surface area contributed by atoms with Crippen molar-refractivity contribution in [3.8, 4) is 0 Å². The molecule has 1 heterocycles. The molecule has 0 atom stereocenters. The number of hydrogen-bond donors (Lipinski definition) is 0. The lowest BCUT2D eigenvalue weighted by molar-refractivity contribution is 0.158. The Balaban J connectivity index is 1.41. The second-order valence-electron chi connectivity index (χ2n) is 9.20. The van der Waals surface area contributed by atoms with Gasteiger partial charge in [0.05, 0.1) is 0 Å². The monoisotopic (exact) mass is 355 g/mol. The molecule has 0 N–H and O–H groups in total. The quantitative estimate of drug-likeness (QED) is 0.435. The highest BCUT2D eigenvalue weighted by Crippen LogP contribution is 2.43. The maximum absolute atomic E-state index is 4.86. The van der Waals surface area contributed by atoms with E-state index in [-0.39, 0.29) is 0 Å². The van der Waals surface area contributed by atoms with Crippen LogP contribution in [0.5, 0.6) is 0 Å². The van der Waals surface area contributed by atoms with Gasteiger partial charge in [-0.05, 0) is 80.8 Å². The average Bonchev–Trinajstić information content (AvgIpc) is 2.72. The topological polar surface area (TPSA) is 12.9 Å². The van der Waals surface area contributed by atoms with Crippen LogP contribution in [0.4, 0.5) is 0 Å². The fraction of sp³-hybridized carbons (Fsp3) is 0.800. The summed E-state index contributed by atoms with van der Waals surface area (Å²) in [6, 6.07) is 4.69. The summed E-state index contributed by atoms with van der Waals surface area (Å²) in [5.74, 6) is 3.82. The molecule has 0 saturated heterocycles. The molecule has 0 aromatic carbocycles. The van der Waals surface area contributed by atoms with Crippen LogP contribution >= 0.6 is 0 Å². The maximum atomic E-state index is 4.86. The molecule has 0 unspecified atom stereocenters. The van der Waals surface area contributed by atoms with E-state index >= 15 is 0 Å². The van der Waals surface area contributed by atoms with Crippen molar-refractivity contribution in [3.05, 3.63) is 29.6 Å². The van der Waals surface area contributed by atoms with Gasteiger partial charge in [0.2, 0.25) is 0 Å². The first kappa shape index (κ1) is 19.9. The molecular weight excluding hydrogens is 314 g/mol. The van der Waals surface area contributed by atoms with Crippen molar-refractivity contribution in [3.63, 3.8) is 0 Å². The molecule has 1 nitrogen and oxygen atoms in total. The Morgan fingerprint density at radius 3 is 2.08 bits per heavy atom. The smallest absolute Gasteiger partial charge is 0.0434 e. The van der Waals surface area contributed by atoms with Crippen LogP contribution < -0.4 is 0 Å². The maximum Gasteiger partial charge on any atom is 0.0434 e. The van der Waals surface area contributed by atoms with Crippen molar-refractivity contribution in [1.82, 2.24) is 4.98 Å². The Kier molecular flexibility index (Phi) is 8.02. The third kappa shape index (κ3) is 5.57. The minimum Gasteiger partial charge on any atom is -0.261 e. The first-order chi connectivity index (χ1) is 12.8. The molecule has 0 aliphatic heterocycles. The normalized spacial score (nSPS) is 29.6. The van der Waals surface area contributed by atoms with Gasteiger partial charge in [0.1, 0.15) is 0 Å². The van der Waals surface area contributed by atoms with Crippen molar-refractivity contribution < 1.29 is 0 Å². The number of aromatic nitrogens is 1. The van der Waals surface area contributed by atoms with E-state index in [0.717, 1.165) is 23.7 Å². The Hall–Kier alpha value is -0.850.